The van der Waals surface area contributed by atoms with Crippen molar-refractivity contribution in [2.24, 2.45) is 5.92 Å². The molecule has 166 valence electrons. The molecular formula is C20H27NO8S. The third kappa shape index (κ3) is 6.02. The van der Waals surface area contributed by atoms with Crippen molar-refractivity contribution in [2.45, 2.75) is 70.3 Å². The molecule has 30 heavy (non-hydrogen) atoms. The van der Waals surface area contributed by atoms with Crippen LogP contribution in [0.3, 0.4) is 0 Å². The summed E-state index contributed by atoms with van der Waals surface area (Å²) in [6.07, 6.45) is -3.20. The Morgan fingerprint density at radius 3 is 1.97 bits per heavy atom. The minimum atomic E-state index is -4.27. The van der Waals surface area contributed by atoms with Gasteiger partial charge in [0.25, 0.3) is 10.1 Å². The highest BCUT2D eigenvalue weighted by atomic mass is 32.2. The van der Waals surface area contributed by atoms with Crippen molar-refractivity contribution in [1.82, 2.24) is 5.32 Å². The Hall–Kier alpha value is -2.46. The summed E-state index contributed by atoms with van der Waals surface area (Å²) < 4.78 is 42.0. The zero-order valence-corrected chi connectivity index (χ0v) is 18.4. The first-order valence-electron chi connectivity index (χ1n) is 9.52. The van der Waals surface area contributed by atoms with Crippen molar-refractivity contribution in [3.05, 3.63) is 29.8 Å². The van der Waals surface area contributed by atoms with Gasteiger partial charge in [-0.1, -0.05) is 24.6 Å². The normalized spacial score (nSPS) is 26.5. The Bertz CT molecular complexity index is 896. The van der Waals surface area contributed by atoms with Gasteiger partial charge in [0.05, 0.1) is 10.9 Å². The van der Waals surface area contributed by atoms with E-state index in [1.54, 1.807) is 19.1 Å². The zero-order valence-electron chi connectivity index (χ0n) is 17.6. The van der Waals surface area contributed by atoms with E-state index in [4.69, 9.17) is 13.7 Å². The maximum Gasteiger partial charge on any atom is 0.303 e. The predicted octanol–water partition coefficient (Wildman–Crippen LogP) is 1.48. The van der Waals surface area contributed by atoms with Gasteiger partial charge in [-0.15, -0.1) is 0 Å². The number of benzene rings is 1. The molecule has 1 fully saturated rings. The fraction of sp³-hybridized carbons (Fsp3) is 0.550. The minimum absolute atomic E-state index is 0.0843. The molecule has 0 bridgehead atoms. The smallest absolute Gasteiger partial charge is 0.303 e. The first kappa shape index (κ1) is 23.8. The van der Waals surface area contributed by atoms with Crippen LogP contribution in [0.25, 0.3) is 0 Å². The lowest BCUT2D eigenvalue weighted by atomic mass is 9.80. The van der Waals surface area contributed by atoms with Crippen LogP contribution >= 0.6 is 0 Å². The van der Waals surface area contributed by atoms with Crippen LogP contribution in [0.1, 0.15) is 39.7 Å². The second-order valence-electron chi connectivity index (χ2n) is 7.50. The van der Waals surface area contributed by atoms with Crippen LogP contribution in [0, 0.1) is 12.8 Å². The Kier molecular flexibility index (Phi) is 7.59. The lowest BCUT2D eigenvalue weighted by molar-refractivity contribution is -0.187. The molecule has 0 unspecified atom stereocenters. The third-order valence-electron chi connectivity index (χ3n) is 4.77. The van der Waals surface area contributed by atoms with Gasteiger partial charge in [-0.2, -0.15) is 8.42 Å². The molecule has 2 rings (SSSR count). The maximum atomic E-state index is 12.9. The van der Waals surface area contributed by atoms with Gasteiger partial charge in [-0.05, 0) is 31.4 Å². The number of hydrogen-bond acceptors (Lipinski definition) is 8. The molecule has 1 N–H and O–H groups in total. The summed E-state index contributed by atoms with van der Waals surface area (Å²) in [4.78, 5) is 35.0. The van der Waals surface area contributed by atoms with Crippen LogP contribution in [-0.2, 0) is 38.2 Å². The van der Waals surface area contributed by atoms with Crippen LogP contribution in [0.5, 0.6) is 0 Å². The van der Waals surface area contributed by atoms with Gasteiger partial charge in [0, 0.05) is 20.8 Å². The van der Waals surface area contributed by atoms with Gasteiger partial charge >= 0.3 is 11.9 Å². The minimum Gasteiger partial charge on any atom is -0.458 e. The van der Waals surface area contributed by atoms with Gasteiger partial charge in [0.2, 0.25) is 5.91 Å². The molecule has 1 aromatic rings. The predicted molar refractivity (Wildman–Crippen MR) is 106 cm³/mol. The van der Waals surface area contributed by atoms with Gasteiger partial charge in [0.1, 0.15) is 12.2 Å². The number of esters is 2. The monoisotopic (exact) mass is 441 g/mol. The van der Waals surface area contributed by atoms with Gasteiger partial charge in [-0.25, -0.2) is 0 Å². The van der Waals surface area contributed by atoms with E-state index < -0.39 is 52.3 Å². The molecule has 5 atom stereocenters. The maximum absolute atomic E-state index is 12.9. The molecule has 0 aliphatic heterocycles. The van der Waals surface area contributed by atoms with Crippen molar-refractivity contribution >= 4 is 28.0 Å². The van der Waals surface area contributed by atoms with Crippen LogP contribution in [0.4, 0.5) is 0 Å². The van der Waals surface area contributed by atoms with Crippen molar-refractivity contribution in [3.63, 3.8) is 0 Å². The largest absolute Gasteiger partial charge is 0.458 e. The molecule has 0 saturated heterocycles. The van der Waals surface area contributed by atoms with Crippen molar-refractivity contribution in [1.29, 1.82) is 0 Å². The molecule has 0 radical (unpaired) electrons. The third-order valence-corrected chi connectivity index (χ3v) is 6.10. The summed E-state index contributed by atoms with van der Waals surface area (Å²) in [7, 11) is -4.27. The molecule has 1 amide bonds. The highest BCUT2D eigenvalue weighted by Crippen LogP contribution is 2.34. The molecule has 0 aromatic heterocycles. The highest BCUT2D eigenvalue weighted by molar-refractivity contribution is 7.86. The van der Waals surface area contributed by atoms with E-state index >= 15 is 0 Å². The Morgan fingerprint density at radius 1 is 0.933 bits per heavy atom. The fourth-order valence-electron chi connectivity index (χ4n) is 3.54. The molecule has 0 spiro atoms. The Labute approximate surface area is 176 Å². The number of carbonyl (C=O) groups excluding carboxylic acids is 3. The van der Waals surface area contributed by atoms with Crippen molar-refractivity contribution < 1.29 is 36.5 Å². The zero-order chi connectivity index (χ0) is 22.6. The lowest BCUT2D eigenvalue weighted by Gasteiger charge is -2.43. The van der Waals surface area contributed by atoms with E-state index in [0.29, 0.717) is 0 Å². The molecular weight excluding hydrogens is 414 g/mol. The molecule has 10 heteroatoms. The summed E-state index contributed by atoms with van der Waals surface area (Å²) in [5, 5.41) is 2.66. The van der Waals surface area contributed by atoms with E-state index in [1.807, 2.05) is 6.92 Å². The van der Waals surface area contributed by atoms with E-state index in [1.165, 1.54) is 26.0 Å². The van der Waals surface area contributed by atoms with E-state index in [9.17, 15) is 22.8 Å². The first-order valence-corrected chi connectivity index (χ1v) is 10.9. The SMILES string of the molecule is CC(=O)N[C@@H]1C[C@@H](C)[C@@H](OC(C)=O)[C@H](OC(C)=O)[C@H]1OS(=O)(=O)c1ccc(C)cc1. The van der Waals surface area contributed by atoms with Gasteiger partial charge in [0.15, 0.2) is 6.10 Å². The second kappa shape index (κ2) is 9.57. The van der Waals surface area contributed by atoms with Crippen LogP contribution in [-0.4, -0.2) is 50.6 Å². The van der Waals surface area contributed by atoms with E-state index in [2.05, 4.69) is 5.32 Å². The number of hydrogen-bond donors (Lipinski definition) is 1. The fourth-order valence-corrected chi connectivity index (χ4v) is 4.66. The molecule has 1 saturated carbocycles. The van der Waals surface area contributed by atoms with Crippen molar-refractivity contribution in [2.75, 3.05) is 0 Å². The average molecular weight is 442 g/mol. The van der Waals surface area contributed by atoms with Crippen LogP contribution < -0.4 is 5.32 Å². The van der Waals surface area contributed by atoms with Crippen molar-refractivity contribution in [3.8, 4) is 0 Å². The standard InChI is InChI=1S/C20H27NO8S/c1-11-6-8-16(9-7-11)30(25,26)29-19-17(21-13(3)22)10-12(2)18(27-14(4)23)20(19)28-15(5)24/h6-9,12,17-20H,10H2,1-5H3,(H,21,22)/t12-,17-,18-,19+,20+/m1/s1. The first-order chi connectivity index (χ1) is 13.9. The van der Waals surface area contributed by atoms with Crippen LogP contribution in [0.2, 0.25) is 0 Å². The van der Waals surface area contributed by atoms with E-state index in [-0.39, 0.29) is 17.2 Å². The Morgan fingerprint density at radius 2 is 1.47 bits per heavy atom. The Balaban J connectivity index is 2.47. The number of amides is 1. The summed E-state index contributed by atoms with van der Waals surface area (Å²) >= 11 is 0. The molecule has 1 aliphatic carbocycles. The molecule has 9 nitrogen and oxygen atoms in total. The highest BCUT2D eigenvalue weighted by Gasteiger charge is 2.50. The topological polar surface area (TPSA) is 125 Å². The summed E-state index contributed by atoms with van der Waals surface area (Å²) in [6, 6.07) is 5.25. The molecule has 1 aromatic carbocycles. The summed E-state index contributed by atoms with van der Waals surface area (Å²) in [5.74, 6) is -2.05. The number of rotatable bonds is 6. The summed E-state index contributed by atoms with van der Waals surface area (Å²) in [5.41, 5.74) is 0.865. The number of aryl methyl sites for hydroxylation is 1. The number of ether oxygens (including phenoxy) is 2. The average Bonchev–Trinajstić information content (AvgIpc) is 2.60. The quantitative estimate of drug-likeness (QED) is 0.520. The molecule has 0 heterocycles. The van der Waals surface area contributed by atoms with Crippen LogP contribution in [0.15, 0.2) is 29.2 Å². The van der Waals surface area contributed by atoms with Gasteiger partial charge in [-0.3, -0.25) is 18.6 Å². The summed E-state index contributed by atoms with van der Waals surface area (Å²) in [6.45, 7) is 7.21. The lowest BCUT2D eigenvalue weighted by Crippen LogP contribution is -2.61. The van der Waals surface area contributed by atoms with Gasteiger partial charge < -0.3 is 14.8 Å². The number of nitrogens with one attached hydrogen (secondary N) is 1. The number of carbonyl (C=O) groups is 3. The van der Waals surface area contributed by atoms with E-state index in [0.717, 1.165) is 12.5 Å². The second-order valence-corrected chi connectivity index (χ2v) is 9.07. The molecule has 1 aliphatic rings.